The van der Waals surface area contributed by atoms with Crippen LogP contribution in [0.2, 0.25) is 0 Å². The van der Waals surface area contributed by atoms with E-state index in [-0.39, 0.29) is 24.8 Å². The van der Waals surface area contributed by atoms with Gasteiger partial charge in [0.25, 0.3) is 0 Å². The van der Waals surface area contributed by atoms with Crippen LogP contribution in [0.1, 0.15) is 6.42 Å². The maximum Gasteiger partial charge on any atom is 0.227 e. The molecule has 0 radical (unpaired) electrons. The SMILES string of the molecule is CN(C)c1ccc(F)cc1NC(=O)CCOc1ccccc1. The molecule has 0 atom stereocenters. The number of anilines is 2. The van der Waals surface area contributed by atoms with Gasteiger partial charge in [0.2, 0.25) is 5.91 Å². The fourth-order valence-corrected chi connectivity index (χ4v) is 1.99. The normalized spacial score (nSPS) is 10.1. The molecule has 0 saturated carbocycles. The van der Waals surface area contributed by atoms with Gasteiger partial charge in [0.05, 0.1) is 24.4 Å². The van der Waals surface area contributed by atoms with Crippen LogP contribution >= 0.6 is 0 Å². The number of amides is 1. The van der Waals surface area contributed by atoms with Crippen molar-refractivity contribution in [1.29, 1.82) is 0 Å². The van der Waals surface area contributed by atoms with Crippen molar-refractivity contribution in [3.05, 3.63) is 54.3 Å². The van der Waals surface area contributed by atoms with Crippen LogP contribution in [-0.4, -0.2) is 26.6 Å². The lowest BCUT2D eigenvalue weighted by atomic mass is 10.2. The van der Waals surface area contributed by atoms with E-state index in [1.807, 2.05) is 49.3 Å². The Morgan fingerprint density at radius 1 is 1.18 bits per heavy atom. The quantitative estimate of drug-likeness (QED) is 0.890. The maximum absolute atomic E-state index is 13.3. The van der Waals surface area contributed by atoms with Crippen LogP contribution in [0.4, 0.5) is 15.8 Å². The van der Waals surface area contributed by atoms with E-state index in [1.165, 1.54) is 12.1 Å². The van der Waals surface area contributed by atoms with Gasteiger partial charge in [-0.1, -0.05) is 18.2 Å². The van der Waals surface area contributed by atoms with E-state index in [4.69, 9.17) is 4.74 Å². The second kappa shape index (κ2) is 7.45. The Morgan fingerprint density at radius 3 is 2.59 bits per heavy atom. The third kappa shape index (κ3) is 4.48. The van der Waals surface area contributed by atoms with E-state index in [9.17, 15) is 9.18 Å². The van der Waals surface area contributed by atoms with Crippen molar-refractivity contribution in [2.75, 3.05) is 30.9 Å². The Balaban J connectivity index is 1.90. The lowest BCUT2D eigenvalue weighted by molar-refractivity contribution is -0.116. The van der Waals surface area contributed by atoms with Crippen LogP contribution in [0, 0.1) is 5.82 Å². The number of hydrogen-bond donors (Lipinski definition) is 1. The molecule has 5 heteroatoms. The van der Waals surface area contributed by atoms with Crippen molar-refractivity contribution in [3.8, 4) is 5.75 Å². The van der Waals surface area contributed by atoms with Gasteiger partial charge in [-0.15, -0.1) is 0 Å². The summed E-state index contributed by atoms with van der Waals surface area (Å²) in [7, 11) is 3.67. The van der Waals surface area contributed by atoms with Gasteiger partial charge in [0.15, 0.2) is 0 Å². The molecular formula is C17H19FN2O2. The third-order valence-corrected chi connectivity index (χ3v) is 3.06. The number of ether oxygens (including phenoxy) is 1. The molecule has 1 N–H and O–H groups in total. The molecule has 2 aromatic carbocycles. The highest BCUT2D eigenvalue weighted by Crippen LogP contribution is 2.25. The van der Waals surface area contributed by atoms with Crippen molar-refractivity contribution in [2.45, 2.75) is 6.42 Å². The summed E-state index contributed by atoms with van der Waals surface area (Å²) in [5, 5.41) is 2.72. The predicted molar refractivity (Wildman–Crippen MR) is 85.9 cm³/mol. The van der Waals surface area contributed by atoms with E-state index in [0.29, 0.717) is 5.69 Å². The minimum Gasteiger partial charge on any atom is -0.493 e. The van der Waals surface area contributed by atoms with Gasteiger partial charge in [0.1, 0.15) is 11.6 Å². The highest BCUT2D eigenvalue weighted by atomic mass is 19.1. The highest BCUT2D eigenvalue weighted by Gasteiger charge is 2.10. The van der Waals surface area contributed by atoms with E-state index >= 15 is 0 Å². The summed E-state index contributed by atoms with van der Waals surface area (Å²) in [6.45, 7) is 0.266. The summed E-state index contributed by atoms with van der Waals surface area (Å²) in [6, 6.07) is 13.6. The van der Waals surface area contributed by atoms with Crippen molar-refractivity contribution in [2.24, 2.45) is 0 Å². The number of carbonyl (C=O) groups is 1. The Morgan fingerprint density at radius 2 is 1.91 bits per heavy atom. The van der Waals surface area contributed by atoms with Crippen LogP contribution in [0.15, 0.2) is 48.5 Å². The summed E-state index contributed by atoms with van der Waals surface area (Å²) in [5.74, 6) is 0.112. The Hall–Kier alpha value is -2.56. The van der Waals surface area contributed by atoms with Gasteiger partial charge in [-0.2, -0.15) is 0 Å². The van der Waals surface area contributed by atoms with Crippen LogP contribution in [0.3, 0.4) is 0 Å². The molecule has 0 aliphatic carbocycles. The molecule has 116 valence electrons. The molecule has 0 spiro atoms. The second-order valence-corrected chi connectivity index (χ2v) is 5.02. The number of benzene rings is 2. The third-order valence-electron chi connectivity index (χ3n) is 3.06. The molecule has 1 amide bonds. The summed E-state index contributed by atoms with van der Waals surface area (Å²) in [5.41, 5.74) is 1.20. The zero-order valence-electron chi connectivity index (χ0n) is 12.7. The first-order valence-electron chi connectivity index (χ1n) is 7.01. The molecule has 0 saturated heterocycles. The van der Waals surface area contributed by atoms with E-state index in [1.54, 1.807) is 6.07 Å². The van der Waals surface area contributed by atoms with Gasteiger partial charge < -0.3 is 15.0 Å². The number of nitrogens with zero attached hydrogens (tertiary/aromatic N) is 1. The molecule has 0 unspecified atom stereocenters. The van der Waals surface area contributed by atoms with Gasteiger partial charge in [-0.05, 0) is 30.3 Å². The fourth-order valence-electron chi connectivity index (χ4n) is 1.99. The molecule has 0 heterocycles. The van der Waals surface area contributed by atoms with Crippen molar-refractivity contribution in [3.63, 3.8) is 0 Å². The zero-order valence-corrected chi connectivity index (χ0v) is 12.7. The zero-order chi connectivity index (χ0) is 15.9. The standard InChI is InChI=1S/C17H19FN2O2/c1-20(2)16-9-8-13(18)12-15(16)19-17(21)10-11-22-14-6-4-3-5-7-14/h3-9,12H,10-11H2,1-2H3,(H,19,21). The largest absolute Gasteiger partial charge is 0.493 e. The molecule has 0 aromatic heterocycles. The van der Waals surface area contributed by atoms with Crippen LogP contribution in [0.25, 0.3) is 0 Å². The van der Waals surface area contributed by atoms with Crippen molar-refractivity contribution < 1.29 is 13.9 Å². The Bertz CT molecular complexity index is 630. The number of hydrogen-bond acceptors (Lipinski definition) is 3. The highest BCUT2D eigenvalue weighted by molar-refractivity contribution is 5.94. The summed E-state index contributed by atoms with van der Waals surface area (Å²) in [6.07, 6.45) is 0.193. The molecule has 0 fully saturated rings. The molecule has 0 aliphatic rings. The maximum atomic E-state index is 13.3. The van der Waals surface area contributed by atoms with Crippen LogP contribution in [-0.2, 0) is 4.79 Å². The van der Waals surface area contributed by atoms with Crippen LogP contribution in [0.5, 0.6) is 5.75 Å². The van der Waals surface area contributed by atoms with E-state index in [2.05, 4.69) is 5.32 Å². The lowest BCUT2D eigenvalue weighted by Crippen LogP contribution is -2.18. The predicted octanol–water partition coefficient (Wildman–Crippen LogP) is 3.30. The average molecular weight is 302 g/mol. The monoisotopic (exact) mass is 302 g/mol. The van der Waals surface area contributed by atoms with Crippen LogP contribution < -0.4 is 15.0 Å². The number of rotatable bonds is 6. The van der Waals surface area contributed by atoms with Crippen molar-refractivity contribution >= 4 is 17.3 Å². The van der Waals surface area contributed by atoms with E-state index < -0.39 is 0 Å². The number of nitrogens with one attached hydrogen (secondary N) is 1. The molecule has 4 nitrogen and oxygen atoms in total. The topological polar surface area (TPSA) is 41.6 Å². The van der Waals surface area contributed by atoms with E-state index in [0.717, 1.165) is 11.4 Å². The molecule has 0 bridgehead atoms. The second-order valence-electron chi connectivity index (χ2n) is 5.02. The number of para-hydroxylation sites is 1. The molecule has 2 aromatic rings. The Labute approximate surface area is 129 Å². The lowest BCUT2D eigenvalue weighted by Gasteiger charge is -2.18. The van der Waals surface area contributed by atoms with Gasteiger partial charge >= 0.3 is 0 Å². The number of carbonyl (C=O) groups excluding carboxylic acids is 1. The fraction of sp³-hybridized carbons (Fsp3) is 0.235. The first-order valence-corrected chi connectivity index (χ1v) is 7.01. The summed E-state index contributed by atoms with van der Waals surface area (Å²) < 4.78 is 18.8. The van der Waals surface area contributed by atoms with Crippen molar-refractivity contribution in [1.82, 2.24) is 0 Å². The molecule has 2 rings (SSSR count). The first-order chi connectivity index (χ1) is 10.6. The molecule has 0 aliphatic heterocycles. The minimum atomic E-state index is -0.388. The average Bonchev–Trinajstić information content (AvgIpc) is 2.48. The molecule has 22 heavy (non-hydrogen) atoms. The number of halogens is 1. The summed E-state index contributed by atoms with van der Waals surface area (Å²) >= 11 is 0. The first kappa shape index (κ1) is 15.8. The summed E-state index contributed by atoms with van der Waals surface area (Å²) in [4.78, 5) is 13.8. The van der Waals surface area contributed by atoms with Gasteiger partial charge in [-0.25, -0.2) is 4.39 Å². The molecular weight excluding hydrogens is 283 g/mol. The Kier molecular flexibility index (Phi) is 5.36. The smallest absolute Gasteiger partial charge is 0.227 e. The van der Waals surface area contributed by atoms with Gasteiger partial charge in [0, 0.05) is 14.1 Å². The van der Waals surface area contributed by atoms with Gasteiger partial charge in [-0.3, -0.25) is 4.79 Å². The minimum absolute atomic E-state index is 0.193.